The van der Waals surface area contributed by atoms with Crippen LogP contribution in [0, 0.1) is 5.41 Å². The molecule has 0 N–H and O–H groups in total. The number of piperazine rings is 1. The van der Waals surface area contributed by atoms with Crippen molar-refractivity contribution in [2.75, 3.05) is 62.8 Å². The van der Waals surface area contributed by atoms with Gasteiger partial charge in [-0.3, -0.25) is 4.90 Å². The van der Waals surface area contributed by atoms with Gasteiger partial charge in [0.15, 0.2) is 0 Å². The van der Waals surface area contributed by atoms with Crippen LogP contribution in [0.15, 0.2) is 18.2 Å². The minimum atomic E-state index is 0. The maximum Gasteiger partial charge on any atom is 0.0666 e. The van der Waals surface area contributed by atoms with E-state index in [-0.39, 0.29) is 12.4 Å². The molecule has 3 fully saturated rings. The number of ether oxygens (including phenoxy) is 1. The Morgan fingerprint density at radius 3 is 2.26 bits per heavy atom. The lowest BCUT2D eigenvalue weighted by Crippen LogP contribution is -2.47. The van der Waals surface area contributed by atoms with Crippen molar-refractivity contribution >= 4 is 23.8 Å². The minimum absolute atomic E-state index is 0. The average molecular weight is 492 g/mol. The van der Waals surface area contributed by atoms with Crippen molar-refractivity contribution < 1.29 is 4.74 Å². The SMILES string of the molecule is CCCN1CCN(c2ccc(N3CCC[C@H]3COC)cc2C2CCC(CC)(CC)CC2)CC1.Cl. The summed E-state index contributed by atoms with van der Waals surface area (Å²) in [5.74, 6) is 0.711. The smallest absolute Gasteiger partial charge is 0.0666 e. The van der Waals surface area contributed by atoms with E-state index < -0.39 is 0 Å². The van der Waals surface area contributed by atoms with E-state index in [0.717, 1.165) is 6.61 Å². The summed E-state index contributed by atoms with van der Waals surface area (Å²) in [6.07, 6.45) is 12.0. The Kier molecular flexibility index (Phi) is 10.4. The van der Waals surface area contributed by atoms with Crippen LogP contribution in [0.2, 0.25) is 0 Å². The van der Waals surface area contributed by atoms with Gasteiger partial charge in [-0.25, -0.2) is 0 Å². The molecule has 1 atom stereocenters. The van der Waals surface area contributed by atoms with Crippen LogP contribution in [0.25, 0.3) is 0 Å². The largest absolute Gasteiger partial charge is 0.383 e. The predicted molar refractivity (Wildman–Crippen MR) is 149 cm³/mol. The molecule has 4 nitrogen and oxygen atoms in total. The Balaban J connectivity index is 0.00000324. The van der Waals surface area contributed by atoms with Gasteiger partial charge in [-0.2, -0.15) is 0 Å². The first-order chi connectivity index (χ1) is 16.1. The zero-order valence-electron chi connectivity index (χ0n) is 22.4. The molecule has 2 saturated heterocycles. The number of hydrogen-bond donors (Lipinski definition) is 0. The van der Waals surface area contributed by atoms with Gasteiger partial charge >= 0.3 is 0 Å². The lowest BCUT2D eigenvalue weighted by Gasteiger charge is -2.42. The van der Waals surface area contributed by atoms with Crippen LogP contribution in [-0.4, -0.2) is 63.9 Å². The van der Waals surface area contributed by atoms with E-state index in [2.05, 4.69) is 53.7 Å². The second-order valence-corrected chi connectivity index (χ2v) is 11.0. The number of halogens is 1. The van der Waals surface area contributed by atoms with Crippen LogP contribution >= 0.6 is 12.4 Å². The highest BCUT2D eigenvalue weighted by atomic mass is 35.5. The Morgan fingerprint density at radius 2 is 1.65 bits per heavy atom. The monoisotopic (exact) mass is 491 g/mol. The van der Waals surface area contributed by atoms with Gasteiger partial charge < -0.3 is 14.5 Å². The summed E-state index contributed by atoms with van der Waals surface area (Å²) < 4.78 is 5.57. The summed E-state index contributed by atoms with van der Waals surface area (Å²) in [6.45, 7) is 15.1. The quantitative estimate of drug-likeness (QED) is 0.381. The molecule has 0 bridgehead atoms. The molecule has 2 heterocycles. The van der Waals surface area contributed by atoms with E-state index in [1.165, 1.54) is 108 Å². The number of methoxy groups -OCH3 is 1. The molecule has 0 unspecified atom stereocenters. The average Bonchev–Trinajstić information content (AvgIpc) is 3.33. The highest BCUT2D eigenvalue weighted by Crippen LogP contribution is 2.49. The second-order valence-electron chi connectivity index (χ2n) is 11.0. The molecule has 34 heavy (non-hydrogen) atoms. The molecule has 1 aliphatic carbocycles. The van der Waals surface area contributed by atoms with Crippen molar-refractivity contribution in [3.63, 3.8) is 0 Å². The number of hydrogen-bond acceptors (Lipinski definition) is 4. The van der Waals surface area contributed by atoms with Gasteiger partial charge in [0.1, 0.15) is 0 Å². The predicted octanol–water partition coefficient (Wildman–Crippen LogP) is 6.72. The lowest BCUT2D eigenvalue weighted by atomic mass is 9.66. The molecule has 5 heteroatoms. The summed E-state index contributed by atoms with van der Waals surface area (Å²) in [6, 6.07) is 8.02. The first-order valence-electron chi connectivity index (χ1n) is 14.0. The standard InChI is InChI=1S/C29H49N3O.ClH/c1-5-16-30-18-20-31(21-19-30)28-11-10-25(32-17-8-9-26(32)23-33-4)22-27(28)24-12-14-29(6-2,7-3)15-13-24;/h10-11,22,24,26H,5-9,12-21,23H2,1-4H3;1H/t26-;/m0./s1. The first kappa shape index (κ1) is 27.6. The summed E-state index contributed by atoms with van der Waals surface area (Å²) >= 11 is 0. The third kappa shape index (κ3) is 6.05. The number of anilines is 2. The van der Waals surface area contributed by atoms with Gasteiger partial charge in [0, 0.05) is 51.2 Å². The van der Waals surface area contributed by atoms with Crippen molar-refractivity contribution in [2.45, 2.75) is 90.5 Å². The molecule has 3 aliphatic rings. The molecule has 4 rings (SSSR count). The number of nitrogens with zero attached hydrogens (tertiary/aromatic N) is 3. The van der Waals surface area contributed by atoms with Gasteiger partial charge in [-0.15, -0.1) is 12.4 Å². The normalized spacial score (nSPS) is 23.8. The van der Waals surface area contributed by atoms with E-state index >= 15 is 0 Å². The molecule has 2 aliphatic heterocycles. The van der Waals surface area contributed by atoms with Crippen molar-refractivity contribution in [3.05, 3.63) is 23.8 Å². The zero-order chi connectivity index (χ0) is 23.3. The fraction of sp³-hybridized carbons (Fsp3) is 0.793. The Hall–Kier alpha value is -0.970. The number of benzene rings is 1. The van der Waals surface area contributed by atoms with Crippen LogP contribution in [0.4, 0.5) is 11.4 Å². The van der Waals surface area contributed by atoms with Crippen LogP contribution in [0.3, 0.4) is 0 Å². The summed E-state index contributed by atoms with van der Waals surface area (Å²) in [4.78, 5) is 7.96. The van der Waals surface area contributed by atoms with Crippen molar-refractivity contribution in [3.8, 4) is 0 Å². The van der Waals surface area contributed by atoms with Crippen LogP contribution in [-0.2, 0) is 4.74 Å². The highest BCUT2D eigenvalue weighted by Gasteiger charge is 2.35. The highest BCUT2D eigenvalue weighted by molar-refractivity contribution is 5.85. The molecule has 1 aromatic rings. The fourth-order valence-corrected chi connectivity index (χ4v) is 6.90. The van der Waals surface area contributed by atoms with E-state index in [4.69, 9.17) is 4.74 Å². The summed E-state index contributed by atoms with van der Waals surface area (Å²) in [7, 11) is 1.85. The van der Waals surface area contributed by atoms with Crippen molar-refractivity contribution in [1.29, 1.82) is 0 Å². The molecule has 1 aromatic carbocycles. The maximum atomic E-state index is 5.57. The summed E-state index contributed by atoms with van der Waals surface area (Å²) in [5.41, 5.74) is 5.20. The molecular weight excluding hydrogens is 442 g/mol. The van der Waals surface area contributed by atoms with Gasteiger partial charge in [0.05, 0.1) is 12.6 Å². The van der Waals surface area contributed by atoms with Crippen LogP contribution < -0.4 is 9.80 Å². The fourth-order valence-electron chi connectivity index (χ4n) is 6.90. The Bertz CT molecular complexity index is 735. The summed E-state index contributed by atoms with van der Waals surface area (Å²) in [5, 5.41) is 0. The van der Waals surface area contributed by atoms with Gasteiger partial charge in [-0.05, 0) is 86.6 Å². The van der Waals surface area contributed by atoms with Gasteiger partial charge in [0.2, 0.25) is 0 Å². The molecule has 0 radical (unpaired) electrons. The molecular formula is C29H50ClN3O. The van der Waals surface area contributed by atoms with E-state index in [0.29, 0.717) is 17.4 Å². The zero-order valence-corrected chi connectivity index (χ0v) is 23.2. The van der Waals surface area contributed by atoms with Crippen LogP contribution in [0.5, 0.6) is 0 Å². The molecule has 0 amide bonds. The van der Waals surface area contributed by atoms with Crippen molar-refractivity contribution in [1.82, 2.24) is 4.90 Å². The van der Waals surface area contributed by atoms with E-state index in [9.17, 15) is 0 Å². The first-order valence-corrected chi connectivity index (χ1v) is 14.0. The van der Waals surface area contributed by atoms with Gasteiger partial charge in [-0.1, -0.05) is 33.6 Å². The Labute approximate surface area is 215 Å². The van der Waals surface area contributed by atoms with E-state index in [1.54, 1.807) is 5.56 Å². The van der Waals surface area contributed by atoms with Crippen molar-refractivity contribution in [2.24, 2.45) is 5.41 Å². The Morgan fingerprint density at radius 1 is 0.941 bits per heavy atom. The van der Waals surface area contributed by atoms with Crippen LogP contribution in [0.1, 0.15) is 90.0 Å². The minimum Gasteiger partial charge on any atom is -0.383 e. The third-order valence-electron chi connectivity index (χ3n) is 9.32. The molecule has 194 valence electrons. The molecule has 0 aromatic heterocycles. The second kappa shape index (κ2) is 12.8. The lowest BCUT2D eigenvalue weighted by molar-refractivity contribution is 0.159. The third-order valence-corrected chi connectivity index (χ3v) is 9.32. The molecule has 1 saturated carbocycles. The maximum absolute atomic E-state index is 5.57. The number of rotatable bonds is 9. The van der Waals surface area contributed by atoms with E-state index in [1.807, 2.05) is 7.11 Å². The topological polar surface area (TPSA) is 19.0 Å². The van der Waals surface area contributed by atoms with Gasteiger partial charge in [0.25, 0.3) is 0 Å². The molecule has 0 spiro atoms.